The molecule has 0 unspecified atom stereocenters. The lowest BCUT2D eigenvalue weighted by Crippen LogP contribution is -2.55. The first kappa shape index (κ1) is 39.7. The number of primary amides is 2. The maximum atomic E-state index is 13.0. The van der Waals surface area contributed by atoms with Gasteiger partial charge < -0.3 is 37.8 Å². The zero-order valence-corrected chi connectivity index (χ0v) is 28.0. The lowest BCUT2D eigenvalue weighted by molar-refractivity contribution is -0.142. The molecule has 1 aromatic rings. The SMILES string of the molecule is CC[C@@H](C)[C@H](NC(=O)CCCCCCCC(=O)N[C@@H](CC(N)=O)C(=O)N[C@@H](Cc1ccccc1)C(=O)O)C(=O)N[C@@H](CC1CC1)C(N)=O. The van der Waals surface area contributed by atoms with Crippen LogP contribution in [0.15, 0.2) is 30.3 Å². The number of unbranched alkanes of at least 4 members (excludes halogenated alkanes) is 4. The van der Waals surface area contributed by atoms with E-state index >= 15 is 0 Å². The molecule has 14 nitrogen and oxygen atoms in total. The van der Waals surface area contributed by atoms with Gasteiger partial charge in [0.1, 0.15) is 24.2 Å². The van der Waals surface area contributed by atoms with Gasteiger partial charge in [-0.15, -0.1) is 0 Å². The van der Waals surface area contributed by atoms with Gasteiger partial charge >= 0.3 is 5.97 Å². The van der Waals surface area contributed by atoms with Crippen molar-refractivity contribution in [1.82, 2.24) is 21.3 Å². The largest absolute Gasteiger partial charge is 0.480 e. The minimum atomic E-state index is -1.31. The highest BCUT2D eigenvalue weighted by atomic mass is 16.4. The van der Waals surface area contributed by atoms with E-state index in [4.69, 9.17) is 11.5 Å². The minimum Gasteiger partial charge on any atom is -0.480 e. The van der Waals surface area contributed by atoms with Gasteiger partial charge in [0.05, 0.1) is 6.42 Å². The Hall–Kier alpha value is -4.49. The molecule has 0 aliphatic heterocycles. The van der Waals surface area contributed by atoms with Crippen LogP contribution in [0.2, 0.25) is 0 Å². The summed E-state index contributed by atoms with van der Waals surface area (Å²) in [6.07, 6.45) is 6.22. The first-order valence-corrected chi connectivity index (χ1v) is 16.8. The van der Waals surface area contributed by atoms with Crippen molar-refractivity contribution in [2.45, 2.75) is 121 Å². The fraction of sp³-hybridized carbons (Fsp3) is 0.618. The fourth-order valence-electron chi connectivity index (χ4n) is 5.24. The van der Waals surface area contributed by atoms with Crippen molar-refractivity contribution in [3.8, 4) is 0 Å². The van der Waals surface area contributed by atoms with Gasteiger partial charge in [-0.3, -0.25) is 28.8 Å². The van der Waals surface area contributed by atoms with E-state index in [2.05, 4.69) is 21.3 Å². The third-order valence-corrected chi connectivity index (χ3v) is 8.50. The molecule has 266 valence electrons. The molecule has 5 atom stereocenters. The fourth-order valence-corrected chi connectivity index (χ4v) is 5.24. The maximum absolute atomic E-state index is 13.0. The summed E-state index contributed by atoms with van der Waals surface area (Å²) in [4.78, 5) is 86.2. The molecule has 0 radical (unpaired) electrons. The van der Waals surface area contributed by atoms with E-state index in [1.807, 2.05) is 13.8 Å². The highest BCUT2D eigenvalue weighted by Gasteiger charge is 2.33. The number of benzene rings is 1. The second kappa shape index (κ2) is 20.7. The van der Waals surface area contributed by atoms with Gasteiger partial charge in [0, 0.05) is 19.3 Å². The normalized spacial score (nSPS) is 15.5. The maximum Gasteiger partial charge on any atom is 0.326 e. The Bertz CT molecular complexity index is 1260. The topological polar surface area (TPSA) is 240 Å². The molecule has 0 heterocycles. The van der Waals surface area contributed by atoms with Crippen LogP contribution < -0.4 is 32.7 Å². The highest BCUT2D eigenvalue weighted by Crippen LogP contribution is 2.33. The van der Waals surface area contributed by atoms with Gasteiger partial charge in [-0.2, -0.15) is 0 Å². The van der Waals surface area contributed by atoms with Gasteiger partial charge in [-0.25, -0.2) is 4.79 Å². The highest BCUT2D eigenvalue weighted by molar-refractivity contribution is 5.94. The van der Waals surface area contributed by atoms with Gasteiger partial charge in [0.2, 0.25) is 35.4 Å². The van der Waals surface area contributed by atoms with Crippen molar-refractivity contribution in [2.24, 2.45) is 23.3 Å². The van der Waals surface area contributed by atoms with E-state index in [1.165, 1.54) is 0 Å². The zero-order chi connectivity index (χ0) is 35.6. The van der Waals surface area contributed by atoms with E-state index in [1.54, 1.807) is 30.3 Å². The summed E-state index contributed by atoms with van der Waals surface area (Å²) in [7, 11) is 0. The number of carbonyl (C=O) groups is 7. The van der Waals surface area contributed by atoms with Crippen LogP contribution in [-0.2, 0) is 40.0 Å². The smallest absolute Gasteiger partial charge is 0.326 e. The number of nitrogens with one attached hydrogen (secondary N) is 4. The number of hydrogen-bond donors (Lipinski definition) is 7. The molecule has 0 aromatic heterocycles. The van der Waals surface area contributed by atoms with E-state index < -0.39 is 66.1 Å². The summed E-state index contributed by atoms with van der Waals surface area (Å²) >= 11 is 0. The molecule has 1 aromatic carbocycles. The molecule has 9 N–H and O–H groups in total. The molecule has 0 saturated heterocycles. The Labute approximate surface area is 281 Å². The quantitative estimate of drug-likeness (QED) is 0.0785. The minimum absolute atomic E-state index is 0.0202. The molecule has 0 bridgehead atoms. The number of amides is 6. The van der Waals surface area contributed by atoms with Gasteiger partial charge in [0.25, 0.3) is 0 Å². The molecular weight excluding hydrogens is 620 g/mol. The average molecular weight is 673 g/mol. The molecule has 1 aliphatic rings. The first-order chi connectivity index (χ1) is 22.8. The molecule has 6 amide bonds. The Balaban J connectivity index is 1.73. The monoisotopic (exact) mass is 672 g/mol. The molecule has 1 fully saturated rings. The van der Waals surface area contributed by atoms with E-state index in [9.17, 15) is 38.7 Å². The first-order valence-electron chi connectivity index (χ1n) is 16.8. The molecular formula is C34H52N6O8. The number of carboxylic acids is 1. The second-order valence-corrected chi connectivity index (χ2v) is 12.7. The van der Waals surface area contributed by atoms with Crippen LogP contribution in [0, 0.1) is 11.8 Å². The molecule has 14 heteroatoms. The van der Waals surface area contributed by atoms with E-state index in [0.717, 1.165) is 19.3 Å². The van der Waals surface area contributed by atoms with Crippen LogP contribution >= 0.6 is 0 Å². The van der Waals surface area contributed by atoms with Crippen molar-refractivity contribution in [3.63, 3.8) is 0 Å². The van der Waals surface area contributed by atoms with Crippen molar-refractivity contribution in [1.29, 1.82) is 0 Å². The summed E-state index contributed by atoms with van der Waals surface area (Å²) in [6.45, 7) is 3.78. The Morgan fingerprint density at radius 1 is 0.771 bits per heavy atom. The number of hydrogen-bond acceptors (Lipinski definition) is 7. The third kappa shape index (κ3) is 15.4. The van der Waals surface area contributed by atoms with Crippen molar-refractivity contribution in [3.05, 3.63) is 35.9 Å². The Kier molecular flexibility index (Phi) is 17.1. The van der Waals surface area contributed by atoms with Crippen molar-refractivity contribution < 1.29 is 38.7 Å². The predicted molar refractivity (Wildman–Crippen MR) is 178 cm³/mol. The number of rotatable bonds is 24. The van der Waals surface area contributed by atoms with Crippen molar-refractivity contribution >= 4 is 41.4 Å². The molecule has 1 aliphatic carbocycles. The van der Waals surface area contributed by atoms with Gasteiger partial charge in [0.15, 0.2) is 0 Å². The number of carboxylic acid groups (broad SMARTS) is 1. The third-order valence-electron chi connectivity index (χ3n) is 8.50. The molecule has 1 saturated carbocycles. The van der Waals surface area contributed by atoms with Crippen molar-refractivity contribution in [2.75, 3.05) is 0 Å². The van der Waals surface area contributed by atoms with Crippen LogP contribution in [-0.4, -0.2) is 70.7 Å². The van der Waals surface area contributed by atoms with E-state index in [-0.39, 0.29) is 31.1 Å². The molecule has 48 heavy (non-hydrogen) atoms. The Morgan fingerprint density at radius 2 is 1.33 bits per heavy atom. The van der Waals surface area contributed by atoms with Crippen LogP contribution in [0.1, 0.15) is 96.5 Å². The van der Waals surface area contributed by atoms with Gasteiger partial charge in [-0.05, 0) is 36.7 Å². The Morgan fingerprint density at radius 3 is 1.85 bits per heavy atom. The van der Waals surface area contributed by atoms with Crippen LogP contribution in [0.3, 0.4) is 0 Å². The lowest BCUT2D eigenvalue weighted by Gasteiger charge is -2.26. The number of carbonyl (C=O) groups excluding carboxylic acids is 6. The molecule has 0 spiro atoms. The summed E-state index contributed by atoms with van der Waals surface area (Å²) in [5, 5.41) is 20.0. The second-order valence-electron chi connectivity index (χ2n) is 12.7. The van der Waals surface area contributed by atoms with Crippen LogP contribution in [0.4, 0.5) is 0 Å². The summed E-state index contributed by atoms with van der Waals surface area (Å²) in [5.41, 5.74) is 11.4. The molecule has 2 rings (SSSR count). The van der Waals surface area contributed by atoms with E-state index in [0.29, 0.717) is 50.0 Å². The average Bonchev–Trinajstić information content (AvgIpc) is 3.86. The number of nitrogens with two attached hydrogens (primary N) is 2. The summed E-state index contributed by atoms with van der Waals surface area (Å²) in [6, 6.07) is 4.62. The van der Waals surface area contributed by atoms with Crippen LogP contribution in [0.5, 0.6) is 0 Å². The standard InChI is InChI=1S/C34H52N6O8/c1-3-21(2)30(33(46)38-24(31(36)44)18-23-16-17-23)40-29(43)15-11-6-4-5-10-14-28(42)37-25(20-27(35)41)32(45)39-26(34(47)48)19-22-12-8-7-9-13-22/h7-9,12-13,21,23-26,30H,3-6,10-11,14-20H2,1-2H3,(H2,35,41)(H2,36,44)(H,37,42)(H,38,46)(H,39,45)(H,40,43)(H,47,48)/t21-,24+,25+,26+,30+/m1/s1. The summed E-state index contributed by atoms with van der Waals surface area (Å²) < 4.78 is 0. The van der Waals surface area contributed by atoms with Gasteiger partial charge in [-0.1, -0.05) is 82.7 Å². The summed E-state index contributed by atoms with van der Waals surface area (Å²) in [5.74, 6) is -4.38. The van der Waals surface area contributed by atoms with Crippen LogP contribution in [0.25, 0.3) is 0 Å². The lowest BCUT2D eigenvalue weighted by atomic mass is 9.97. The predicted octanol–water partition coefficient (Wildman–Crippen LogP) is 1.19. The zero-order valence-electron chi connectivity index (χ0n) is 28.0. The number of aliphatic carboxylic acids is 1.